The number of rotatable bonds is 8. The number of nitriles is 1. The quantitative estimate of drug-likeness (QED) is 0.682. The number of nitrogens with one attached hydrogen (secondary N) is 1. The Labute approximate surface area is 170 Å². The van der Waals surface area contributed by atoms with E-state index in [1.165, 1.54) is 20.1 Å². The van der Waals surface area contributed by atoms with Gasteiger partial charge < -0.3 is 19.5 Å². The van der Waals surface area contributed by atoms with Crippen molar-refractivity contribution in [2.45, 2.75) is 26.9 Å². The number of anilines is 1. The van der Waals surface area contributed by atoms with Crippen LogP contribution in [0.25, 0.3) is 0 Å². The number of amides is 1. The Hall–Kier alpha value is -3.53. The van der Waals surface area contributed by atoms with Gasteiger partial charge in [0.15, 0.2) is 17.6 Å². The fraction of sp³-hybridized carbons (Fsp3) is 0.318. The molecule has 7 heteroatoms. The van der Waals surface area contributed by atoms with E-state index in [2.05, 4.69) is 5.32 Å². The molecule has 0 fully saturated rings. The Morgan fingerprint density at radius 3 is 2.34 bits per heavy atom. The minimum Gasteiger partial charge on any atom is -0.493 e. The molecule has 0 saturated heterocycles. The van der Waals surface area contributed by atoms with Crippen LogP contribution in [0.4, 0.5) is 5.69 Å². The van der Waals surface area contributed by atoms with E-state index in [4.69, 9.17) is 19.5 Å². The van der Waals surface area contributed by atoms with E-state index < -0.39 is 18.0 Å². The second-order valence-corrected chi connectivity index (χ2v) is 6.80. The zero-order chi connectivity index (χ0) is 21.4. The first kappa shape index (κ1) is 21.8. The van der Waals surface area contributed by atoms with Gasteiger partial charge in [0.05, 0.1) is 30.9 Å². The van der Waals surface area contributed by atoms with Crippen LogP contribution in [0.15, 0.2) is 42.5 Å². The summed E-state index contributed by atoms with van der Waals surface area (Å²) in [5.41, 5.74) is 1.24. The summed E-state index contributed by atoms with van der Waals surface area (Å²) in [6.45, 7) is 6.06. The number of nitrogens with zero attached hydrogens (tertiary/aromatic N) is 1. The Bertz CT molecular complexity index is 900. The molecule has 1 atom stereocenters. The molecule has 152 valence electrons. The number of hydrogen-bond acceptors (Lipinski definition) is 6. The summed E-state index contributed by atoms with van der Waals surface area (Å²) in [7, 11) is 1.49. The molecule has 0 bridgehead atoms. The predicted molar refractivity (Wildman–Crippen MR) is 108 cm³/mol. The monoisotopic (exact) mass is 396 g/mol. The number of ether oxygens (including phenoxy) is 3. The van der Waals surface area contributed by atoms with Crippen LogP contribution in [0.2, 0.25) is 0 Å². The van der Waals surface area contributed by atoms with E-state index >= 15 is 0 Å². The lowest BCUT2D eigenvalue weighted by atomic mass is 10.2. The van der Waals surface area contributed by atoms with Crippen LogP contribution in [0.3, 0.4) is 0 Å². The fourth-order valence-corrected chi connectivity index (χ4v) is 2.32. The van der Waals surface area contributed by atoms with E-state index in [9.17, 15) is 9.59 Å². The summed E-state index contributed by atoms with van der Waals surface area (Å²) < 4.78 is 16.2. The smallest absolute Gasteiger partial charge is 0.339 e. The third kappa shape index (κ3) is 6.25. The van der Waals surface area contributed by atoms with Crippen molar-refractivity contribution in [1.29, 1.82) is 5.26 Å². The Morgan fingerprint density at radius 1 is 1.07 bits per heavy atom. The third-order valence-corrected chi connectivity index (χ3v) is 3.91. The number of hydrogen-bond donors (Lipinski definition) is 1. The van der Waals surface area contributed by atoms with E-state index in [0.29, 0.717) is 35.3 Å². The molecular formula is C22H24N2O5. The van der Waals surface area contributed by atoms with Gasteiger partial charge >= 0.3 is 5.97 Å². The normalized spacial score (nSPS) is 11.3. The number of esters is 1. The molecule has 2 aromatic rings. The summed E-state index contributed by atoms with van der Waals surface area (Å²) in [6.07, 6.45) is -1.01. The van der Waals surface area contributed by atoms with Gasteiger partial charge in [-0.05, 0) is 55.3 Å². The van der Waals surface area contributed by atoms with Crippen molar-refractivity contribution in [3.05, 3.63) is 53.6 Å². The van der Waals surface area contributed by atoms with Crippen LogP contribution in [0.5, 0.6) is 11.5 Å². The maximum Gasteiger partial charge on any atom is 0.339 e. The van der Waals surface area contributed by atoms with E-state index in [0.717, 1.165) is 0 Å². The minimum absolute atomic E-state index is 0.247. The molecule has 7 nitrogen and oxygen atoms in total. The lowest BCUT2D eigenvalue weighted by molar-refractivity contribution is -0.123. The zero-order valence-electron chi connectivity index (χ0n) is 16.9. The number of benzene rings is 2. The molecule has 29 heavy (non-hydrogen) atoms. The van der Waals surface area contributed by atoms with Crippen LogP contribution in [0.1, 0.15) is 36.7 Å². The first-order chi connectivity index (χ1) is 13.8. The van der Waals surface area contributed by atoms with Crippen molar-refractivity contribution < 1.29 is 23.8 Å². The Kier molecular flexibility index (Phi) is 7.61. The highest BCUT2D eigenvalue weighted by molar-refractivity contribution is 5.97. The molecule has 0 aliphatic carbocycles. The van der Waals surface area contributed by atoms with Gasteiger partial charge in [0.2, 0.25) is 0 Å². The zero-order valence-corrected chi connectivity index (χ0v) is 16.9. The molecule has 0 aromatic heterocycles. The van der Waals surface area contributed by atoms with Gasteiger partial charge in [0.1, 0.15) is 0 Å². The second kappa shape index (κ2) is 10.1. The van der Waals surface area contributed by atoms with Crippen molar-refractivity contribution in [3.8, 4) is 17.6 Å². The summed E-state index contributed by atoms with van der Waals surface area (Å²) in [4.78, 5) is 24.7. The van der Waals surface area contributed by atoms with Crippen molar-refractivity contribution in [1.82, 2.24) is 0 Å². The summed E-state index contributed by atoms with van der Waals surface area (Å²) in [5, 5.41) is 11.4. The van der Waals surface area contributed by atoms with Gasteiger partial charge in [-0.15, -0.1) is 0 Å². The van der Waals surface area contributed by atoms with Crippen molar-refractivity contribution >= 4 is 17.6 Å². The van der Waals surface area contributed by atoms with Crippen LogP contribution in [0, 0.1) is 17.2 Å². The Balaban J connectivity index is 2.00. The van der Waals surface area contributed by atoms with Crippen LogP contribution < -0.4 is 14.8 Å². The van der Waals surface area contributed by atoms with Crippen molar-refractivity contribution in [3.63, 3.8) is 0 Å². The molecule has 0 unspecified atom stereocenters. The average Bonchev–Trinajstić information content (AvgIpc) is 2.72. The lowest BCUT2D eigenvalue weighted by Crippen LogP contribution is -2.30. The van der Waals surface area contributed by atoms with E-state index in [1.807, 2.05) is 19.9 Å². The molecule has 2 aromatic carbocycles. The van der Waals surface area contributed by atoms with Gasteiger partial charge in [-0.2, -0.15) is 5.26 Å². The molecule has 0 heterocycles. The first-order valence-corrected chi connectivity index (χ1v) is 9.17. The van der Waals surface area contributed by atoms with Gasteiger partial charge in [0.25, 0.3) is 5.91 Å². The van der Waals surface area contributed by atoms with Gasteiger partial charge in [0, 0.05) is 5.69 Å². The van der Waals surface area contributed by atoms with Gasteiger partial charge in [-0.25, -0.2) is 4.79 Å². The summed E-state index contributed by atoms with van der Waals surface area (Å²) >= 11 is 0. The first-order valence-electron chi connectivity index (χ1n) is 9.17. The van der Waals surface area contributed by atoms with E-state index in [1.54, 1.807) is 36.4 Å². The SMILES string of the molecule is COc1cc(C(=O)O[C@@H](C)C(=O)Nc2ccc(C#N)cc2)ccc1OCC(C)C. The fourth-order valence-electron chi connectivity index (χ4n) is 2.32. The lowest BCUT2D eigenvalue weighted by Gasteiger charge is -2.15. The average molecular weight is 396 g/mol. The number of carbonyl (C=O) groups excluding carboxylic acids is 2. The van der Waals surface area contributed by atoms with Crippen molar-refractivity contribution in [2.75, 3.05) is 19.0 Å². The Morgan fingerprint density at radius 2 is 1.76 bits per heavy atom. The maximum absolute atomic E-state index is 12.4. The molecule has 2 rings (SSSR count). The molecule has 0 aliphatic rings. The van der Waals surface area contributed by atoms with Gasteiger partial charge in [-0.1, -0.05) is 13.8 Å². The maximum atomic E-state index is 12.4. The largest absolute Gasteiger partial charge is 0.493 e. The minimum atomic E-state index is -1.01. The van der Waals surface area contributed by atoms with Crippen LogP contribution >= 0.6 is 0 Å². The molecule has 0 radical (unpaired) electrons. The highest BCUT2D eigenvalue weighted by Crippen LogP contribution is 2.29. The topological polar surface area (TPSA) is 97.6 Å². The standard InChI is InChI=1S/C22H24N2O5/c1-14(2)13-28-19-10-7-17(11-20(19)27-4)22(26)29-15(3)21(25)24-18-8-5-16(12-23)6-9-18/h5-11,14-15H,13H2,1-4H3,(H,24,25)/t15-/m0/s1. The molecular weight excluding hydrogens is 372 g/mol. The number of methoxy groups -OCH3 is 1. The highest BCUT2D eigenvalue weighted by Gasteiger charge is 2.20. The molecule has 0 aliphatic heterocycles. The number of carbonyl (C=O) groups is 2. The molecule has 0 saturated carbocycles. The van der Waals surface area contributed by atoms with Crippen LogP contribution in [-0.4, -0.2) is 31.7 Å². The molecule has 1 amide bonds. The summed E-state index contributed by atoms with van der Waals surface area (Å²) in [6, 6.07) is 13.1. The molecule has 1 N–H and O–H groups in total. The molecule has 0 spiro atoms. The van der Waals surface area contributed by atoms with Gasteiger partial charge in [-0.3, -0.25) is 4.79 Å². The predicted octanol–water partition coefficient (Wildman–Crippen LogP) is 3.79. The summed E-state index contributed by atoms with van der Waals surface area (Å²) in [5.74, 6) is 0.159. The van der Waals surface area contributed by atoms with E-state index in [-0.39, 0.29) is 5.56 Å². The van der Waals surface area contributed by atoms with Crippen LogP contribution in [-0.2, 0) is 9.53 Å². The highest BCUT2D eigenvalue weighted by atomic mass is 16.5. The third-order valence-electron chi connectivity index (χ3n) is 3.91. The van der Waals surface area contributed by atoms with Crippen molar-refractivity contribution in [2.24, 2.45) is 5.92 Å². The second-order valence-electron chi connectivity index (χ2n) is 6.80.